The molecule has 7 heteroatoms. The van der Waals surface area contributed by atoms with Gasteiger partial charge in [-0.05, 0) is 32.0 Å². The van der Waals surface area contributed by atoms with E-state index < -0.39 is 5.97 Å². The van der Waals surface area contributed by atoms with E-state index in [1.807, 2.05) is 6.07 Å². The van der Waals surface area contributed by atoms with Crippen molar-refractivity contribution in [1.82, 2.24) is 15.0 Å². The number of carboxylic acid groups (broad SMARTS) is 1. The number of pyridine rings is 1. The number of hydrogen-bond donors (Lipinski definition) is 1. The Labute approximate surface area is 145 Å². The quantitative estimate of drug-likeness (QED) is 0.814. The van der Waals surface area contributed by atoms with E-state index in [1.54, 1.807) is 24.2 Å². The number of rotatable bonds is 6. The highest BCUT2D eigenvalue weighted by molar-refractivity contribution is 5.74. The fourth-order valence-electron chi connectivity index (χ4n) is 3.00. The monoisotopic (exact) mass is 337 g/mol. The third-order valence-corrected chi connectivity index (χ3v) is 4.18. The normalized spacial score (nSPS) is 12.5. The molecule has 2 heterocycles. The number of hydrogen-bond acceptors (Lipinski definition) is 6. The highest BCUT2D eigenvalue weighted by atomic mass is 16.4. The van der Waals surface area contributed by atoms with Crippen LogP contribution in [0.5, 0.6) is 0 Å². The summed E-state index contributed by atoms with van der Waals surface area (Å²) in [7, 11) is 1.73. The van der Waals surface area contributed by atoms with E-state index in [-0.39, 0.29) is 6.54 Å². The maximum absolute atomic E-state index is 11.1. The summed E-state index contributed by atoms with van der Waals surface area (Å²) in [6.45, 7) is 7.19. The lowest BCUT2D eigenvalue weighted by molar-refractivity contribution is -0.135. The molecule has 25 heavy (non-hydrogen) atoms. The van der Waals surface area contributed by atoms with Gasteiger partial charge in [-0.15, -0.1) is 0 Å². The highest BCUT2D eigenvalue weighted by Gasteiger charge is 2.23. The summed E-state index contributed by atoms with van der Waals surface area (Å²) in [5.74, 6) is 0.238. The van der Waals surface area contributed by atoms with Gasteiger partial charge in [-0.25, -0.2) is 9.97 Å². The Morgan fingerprint density at radius 1 is 1.44 bits per heavy atom. The first-order valence-corrected chi connectivity index (χ1v) is 7.95. The Balaban J connectivity index is 2.10. The molecule has 0 amide bonds. The molecule has 0 spiro atoms. The van der Waals surface area contributed by atoms with Gasteiger partial charge in [0.05, 0.1) is 11.9 Å². The Hall–Kier alpha value is -3.09. The predicted octanol–water partition coefficient (Wildman–Crippen LogP) is 2.52. The molecule has 0 fully saturated rings. The number of aliphatic imine (C=N–C) groups is 1. The molecule has 0 saturated heterocycles. The Bertz CT molecular complexity index is 863. The zero-order valence-corrected chi connectivity index (χ0v) is 14.1. The molecule has 0 bridgehead atoms. The van der Waals surface area contributed by atoms with Crippen molar-refractivity contribution in [2.45, 2.75) is 19.3 Å². The van der Waals surface area contributed by atoms with E-state index in [4.69, 9.17) is 5.11 Å². The minimum atomic E-state index is -0.900. The van der Waals surface area contributed by atoms with E-state index in [0.717, 1.165) is 36.1 Å². The van der Waals surface area contributed by atoms with Gasteiger partial charge in [0.25, 0.3) is 0 Å². The van der Waals surface area contributed by atoms with Gasteiger partial charge in [-0.3, -0.25) is 14.8 Å². The first-order chi connectivity index (χ1) is 12.0. The van der Waals surface area contributed by atoms with Crippen molar-refractivity contribution in [2.75, 3.05) is 18.5 Å². The van der Waals surface area contributed by atoms with Crippen molar-refractivity contribution in [3.63, 3.8) is 0 Å². The molecule has 2 aromatic rings. The zero-order chi connectivity index (χ0) is 18.0. The van der Waals surface area contributed by atoms with Crippen LogP contribution in [0.25, 0.3) is 17.6 Å². The third kappa shape index (κ3) is 3.26. The van der Waals surface area contributed by atoms with Crippen LogP contribution in [0, 0.1) is 0 Å². The minimum Gasteiger partial charge on any atom is -0.480 e. The number of likely N-dealkylation sites (N-methyl/N-ethyl adjacent to an activating group) is 1. The molecule has 2 aromatic heterocycles. The van der Waals surface area contributed by atoms with Crippen LogP contribution in [0.3, 0.4) is 0 Å². The summed E-state index contributed by atoms with van der Waals surface area (Å²) in [6.07, 6.45) is 6.00. The van der Waals surface area contributed by atoms with Crippen LogP contribution in [0.4, 0.5) is 11.5 Å². The maximum Gasteiger partial charge on any atom is 0.323 e. The smallest absolute Gasteiger partial charge is 0.323 e. The number of carboxylic acids is 1. The van der Waals surface area contributed by atoms with Crippen LogP contribution in [0.15, 0.2) is 23.8 Å². The average Bonchev–Trinajstić information content (AvgIpc) is 3.08. The first kappa shape index (κ1) is 16.8. The average molecular weight is 337 g/mol. The van der Waals surface area contributed by atoms with Gasteiger partial charge in [0.1, 0.15) is 18.1 Å². The van der Waals surface area contributed by atoms with E-state index >= 15 is 0 Å². The van der Waals surface area contributed by atoms with Crippen LogP contribution in [-0.4, -0.2) is 46.3 Å². The summed E-state index contributed by atoms with van der Waals surface area (Å²) in [5.41, 5.74) is 4.03. The zero-order valence-electron chi connectivity index (χ0n) is 14.1. The number of aliphatic carboxylic acids is 1. The lowest BCUT2D eigenvalue weighted by Gasteiger charge is -2.19. The first-order valence-electron chi connectivity index (χ1n) is 7.95. The molecule has 0 aromatic carbocycles. The number of nitrogens with zero attached hydrogens (tertiary/aromatic N) is 5. The number of aryl methyl sites for hydroxylation is 1. The van der Waals surface area contributed by atoms with Crippen LogP contribution in [-0.2, 0) is 17.6 Å². The largest absolute Gasteiger partial charge is 0.480 e. The fourth-order valence-corrected chi connectivity index (χ4v) is 3.00. The molecule has 0 unspecified atom stereocenters. The Morgan fingerprint density at radius 3 is 2.92 bits per heavy atom. The molecule has 1 N–H and O–H groups in total. The molecule has 7 nitrogen and oxygen atoms in total. The number of carbonyl (C=O) groups is 1. The lowest BCUT2D eigenvalue weighted by atomic mass is 10.1. The Morgan fingerprint density at radius 2 is 2.24 bits per heavy atom. The van der Waals surface area contributed by atoms with E-state index in [1.165, 1.54) is 0 Å². The van der Waals surface area contributed by atoms with Crippen molar-refractivity contribution in [3.05, 3.63) is 35.7 Å². The van der Waals surface area contributed by atoms with Crippen LogP contribution in [0.2, 0.25) is 0 Å². The predicted molar refractivity (Wildman–Crippen MR) is 97.5 cm³/mol. The molecular formula is C18H19N5O2. The summed E-state index contributed by atoms with van der Waals surface area (Å²) < 4.78 is 0. The van der Waals surface area contributed by atoms with Crippen molar-refractivity contribution in [3.8, 4) is 11.5 Å². The molecule has 3 rings (SSSR count). The van der Waals surface area contributed by atoms with Gasteiger partial charge in [-0.2, -0.15) is 0 Å². The van der Waals surface area contributed by atoms with Crippen molar-refractivity contribution in [1.29, 1.82) is 0 Å². The standard InChI is InChI=1S/C18H19N5O2/c1-4-11-8-14(20-9-15(11)19-2)17-21-13-7-5-6-12(13)18(22-17)23(3)10-16(24)25/h4,8-9H,1-2,5-7,10H2,3H3,(H,24,25). The summed E-state index contributed by atoms with van der Waals surface area (Å²) >= 11 is 0. The second-order valence-corrected chi connectivity index (χ2v) is 5.89. The van der Waals surface area contributed by atoms with Crippen molar-refractivity contribution < 1.29 is 9.90 Å². The third-order valence-electron chi connectivity index (χ3n) is 4.18. The topological polar surface area (TPSA) is 91.6 Å². The molecule has 0 radical (unpaired) electrons. The van der Waals surface area contributed by atoms with Gasteiger partial charge in [-0.1, -0.05) is 12.7 Å². The summed E-state index contributed by atoms with van der Waals surface area (Å²) in [6, 6.07) is 1.81. The number of anilines is 1. The van der Waals surface area contributed by atoms with E-state index in [2.05, 4.69) is 33.2 Å². The van der Waals surface area contributed by atoms with Gasteiger partial charge < -0.3 is 10.0 Å². The van der Waals surface area contributed by atoms with Crippen molar-refractivity contribution >= 4 is 30.3 Å². The highest BCUT2D eigenvalue weighted by Crippen LogP contribution is 2.31. The molecule has 1 aliphatic rings. The Kier molecular flexibility index (Phi) is 4.56. The number of fused-ring (bicyclic) bond motifs is 1. The summed E-state index contributed by atoms with van der Waals surface area (Å²) in [4.78, 5) is 30.3. The fraction of sp³-hybridized carbons (Fsp3) is 0.278. The van der Waals surface area contributed by atoms with Gasteiger partial charge in [0.2, 0.25) is 0 Å². The molecule has 0 atom stereocenters. The maximum atomic E-state index is 11.1. The van der Waals surface area contributed by atoms with Crippen LogP contribution < -0.4 is 4.90 Å². The lowest BCUT2D eigenvalue weighted by Crippen LogP contribution is -2.27. The second-order valence-electron chi connectivity index (χ2n) is 5.89. The molecule has 0 saturated carbocycles. The van der Waals surface area contributed by atoms with Gasteiger partial charge in [0.15, 0.2) is 5.82 Å². The number of aromatic nitrogens is 3. The SMILES string of the molecule is C=Cc1cc(-c2nc3c(c(N(C)CC(=O)O)n2)CCC3)ncc1N=C. The van der Waals surface area contributed by atoms with Gasteiger partial charge >= 0.3 is 5.97 Å². The molecule has 1 aliphatic carbocycles. The molecular weight excluding hydrogens is 318 g/mol. The summed E-state index contributed by atoms with van der Waals surface area (Å²) in [5, 5.41) is 9.08. The molecule has 128 valence electrons. The molecule has 0 aliphatic heterocycles. The van der Waals surface area contributed by atoms with Gasteiger partial charge in [0, 0.05) is 23.9 Å². The second kappa shape index (κ2) is 6.80. The van der Waals surface area contributed by atoms with Crippen molar-refractivity contribution in [2.24, 2.45) is 4.99 Å². The van der Waals surface area contributed by atoms with Crippen LogP contribution in [0.1, 0.15) is 23.2 Å². The van der Waals surface area contributed by atoms with E-state index in [0.29, 0.717) is 23.0 Å². The minimum absolute atomic E-state index is 0.118. The van der Waals surface area contributed by atoms with Crippen LogP contribution >= 0.6 is 0 Å². The van der Waals surface area contributed by atoms with E-state index in [9.17, 15) is 4.79 Å².